The van der Waals surface area contributed by atoms with Crippen molar-refractivity contribution in [3.05, 3.63) is 66.7 Å². The monoisotopic (exact) mass is 440 g/mol. The van der Waals surface area contributed by atoms with Gasteiger partial charge < -0.3 is 40.1 Å². The van der Waals surface area contributed by atoms with Crippen molar-refractivity contribution in [2.75, 3.05) is 6.61 Å². The highest BCUT2D eigenvalue weighted by atomic mass is 16.7. The Balaban J connectivity index is 1.84. The third-order valence-electron chi connectivity index (χ3n) is 5.46. The molecule has 0 bridgehead atoms. The summed E-state index contributed by atoms with van der Waals surface area (Å²) in [6.45, 7) is -0.618. The normalized spacial score (nSPS) is 25.4. The Morgan fingerprint density at radius 1 is 0.781 bits per heavy atom. The molecule has 1 aliphatic rings. The van der Waals surface area contributed by atoms with Crippen LogP contribution in [0, 0.1) is 0 Å². The first kappa shape index (κ1) is 22.1. The molecule has 0 saturated carbocycles. The van der Waals surface area contributed by atoms with Crippen LogP contribution in [0.1, 0.15) is 0 Å². The molecule has 3 aromatic carbocycles. The quantitative estimate of drug-likeness (QED) is 0.352. The Labute approximate surface area is 184 Å². The molecular weight excluding hydrogens is 416 g/mol. The van der Waals surface area contributed by atoms with Crippen molar-refractivity contribution in [3.8, 4) is 39.5 Å². The minimum absolute atomic E-state index is 0.0998. The second kappa shape index (κ2) is 9.15. The second-order valence-electron chi connectivity index (χ2n) is 7.54. The van der Waals surface area contributed by atoms with Gasteiger partial charge in [0.1, 0.15) is 30.2 Å². The molecule has 168 valence electrons. The zero-order valence-corrected chi connectivity index (χ0v) is 16.9. The molecule has 0 unspecified atom stereocenters. The Morgan fingerprint density at radius 3 is 1.97 bits per heavy atom. The van der Waals surface area contributed by atoms with Gasteiger partial charge in [-0.1, -0.05) is 60.7 Å². The fourth-order valence-electron chi connectivity index (χ4n) is 3.76. The molecule has 5 atom stereocenters. The van der Waals surface area contributed by atoms with E-state index in [2.05, 4.69) is 0 Å². The van der Waals surface area contributed by atoms with E-state index < -0.39 is 43.1 Å². The number of benzene rings is 3. The minimum atomic E-state index is -1.66. The average molecular weight is 440 g/mol. The summed E-state index contributed by atoms with van der Waals surface area (Å²) in [5.74, 6) is -0.682. The van der Waals surface area contributed by atoms with Crippen LogP contribution in [0.15, 0.2) is 66.7 Å². The van der Waals surface area contributed by atoms with E-state index in [9.17, 15) is 30.6 Å². The van der Waals surface area contributed by atoms with E-state index in [1.54, 1.807) is 60.7 Å². The van der Waals surface area contributed by atoms with Gasteiger partial charge in [0, 0.05) is 5.56 Å². The lowest BCUT2D eigenvalue weighted by atomic mass is 9.96. The van der Waals surface area contributed by atoms with Crippen molar-refractivity contribution < 1.29 is 40.1 Å². The van der Waals surface area contributed by atoms with Crippen molar-refractivity contribution in [1.82, 2.24) is 0 Å². The molecule has 0 spiro atoms. The van der Waals surface area contributed by atoms with Crippen molar-refractivity contribution in [1.29, 1.82) is 0 Å². The van der Waals surface area contributed by atoms with E-state index in [4.69, 9.17) is 9.47 Å². The van der Waals surface area contributed by atoms with Crippen LogP contribution in [0.2, 0.25) is 0 Å². The summed E-state index contributed by atoms with van der Waals surface area (Å²) in [6, 6.07) is 19.0. The van der Waals surface area contributed by atoms with E-state index in [1.807, 2.05) is 0 Å². The molecule has 8 nitrogen and oxygen atoms in total. The Kier molecular flexibility index (Phi) is 6.31. The smallest absolute Gasteiger partial charge is 0.229 e. The Bertz CT molecular complexity index is 1050. The van der Waals surface area contributed by atoms with Crippen LogP contribution in [0.4, 0.5) is 0 Å². The summed E-state index contributed by atoms with van der Waals surface area (Å²) in [4.78, 5) is 0. The van der Waals surface area contributed by atoms with Gasteiger partial charge in [-0.15, -0.1) is 0 Å². The van der Waals surface area contributed by atoms with E-state index >= 15 is 0 Å². The van der Waals surface area contributed by atoms with Gasteiger partial charge in [0.15, 0.2) is 11.5 Å². The molecule has 0 aromatic heterocycles. The van der Waals surface area contributed by atoms with Crippen molar-refractivity contribution in [3.63, 3.8) is 0 Å². The number of aliphatic hydroxyl groups excluding tert-OH is 4. The maximum Gasteiger partial charge on any atom is 0.229 e. The second-order valence-corrected chi connectivity index (χ2v) is 7.54. The Morgan fingerprint density at radius 2 is 1.38 bits per heavy atom. The standard InChI is InChI=1S/C24H24O8/c25-12-17-19(27)21(29)22(30)24(31-17)32-23-15(13-7-3-1-4-8-13)11-16(26)18(20(23)28)14-9-5-2-6-10-14/h1-11,17,19,21-22,24-30H,12H2/t17-,19+,21+,22-,24+/m1/s1. The maximum absolute atomic E-state index is 11.1. The lowest BCUT2D eigenvalue weighted by molar-refractivity contribution is -0.277. The molecule has 6 N–H and O–H groups in total. The van der Waals surface area contributed by atoms with Gasteiger partial charge in [0.05, 0.1) is 12.2 Å². The molecule has 0 aliphatic carbocycles. The van der Waals surface area contributed by atoms with Gasteiger partial charge in [0.25, 0.3) is 0 Å². The number of hydrogen-bond acceptors (Lipinski definition) is 8. The molecule has 1 fully saturated rings. The molecule has 3 aromatic rings. The number of ether oxygens (including phenoxy) is 2. The number of aliphatic hydroxyl groups is 4. The molecular formula is C24H24O8. The molecule has 1 saturated heterocycles. The lowest BCUT2D eigenvalue weighted by Gasteiger charge is -2.39. The third kappa shape index (κ3) is 4.02. The van der Waals surface area contributed by atoms with Crippen LogP contribution in [-0.2, 0) is 4.74 Å². The summed E-state index contributed by atoms with van der Waals surface area (Å²) < 4.78 is 11.3. The van der Waals surface area contributed by atoms with Crippen LogP contribution < -0.4 is 4.74 Å². The van der Waals surface area contributed by atoms with Crippen LogP contribution in [0.25, 0.3) is 22.3 Å². The van der Waals surface area contributed by atoms with Gasteiger partial charge in [0.2, 0.25) is 6.29 Å². The van der Waals surface area contributed by atoms with Crippen LogP contribution in [-0.4, -0.2) is 68.0 Å². The van der Waals surface area contributed by atoms with Crippen LogP contribution in [0.5, 0.6) is 17.2 Å². The van der Waals surface area contributed by atoms with Crippen molar-refractivity contribution in [2.45, 2.75) is 30.7 Å². The molecule has 0 amide bonds. The van der Waals surface area contributed by atoms with Crippen LogP contribution in [0.3, 0.4) is 0 Å². The van der Waals surface area contributed by atoms with E-state index in [0.29, 0.717) is 16.7 Å². The molecule has 1 aliphatic heterocycles. The van der Waals surface area contributed by atoms with Crippen molar-refractivity contribution >= 4 is 0 Å². The van der Waals surface area contributed by atoms with Gasteiger partial charge in [-0.05, 0) is 17.2 Å². The summed E-state index contributed by atoms with van der Waals surface area (Å²) in [6.07, 6.45) is -7.53. The lowest BCUT2D eigenvalue weighted by Crippen LogP contribution is -2.60. The first-order valence-corrected chi connectivity index (χ1v) is 10.1. The molecule has 4 rings (SSSR count). The number of phenolic OH excluding ortho intramolecular Hbond substituents is 2. The summed E-state index contributed by atoms with van der Waals surface area (Å²) in [5.41, 5.74) is 1.57. The third-order valence-corrected chi connectivity index (χ3v) is 5.46. The first-order chi connectivity index (χ1) is 15.4. The predicted molar refractivity (Wildman–Crippen MR) is 115 cm³/mol. The fraction of sp³-hybridized carbons (Fsp3) is 0.250. The number of aromatic hydroxyl groups is 2. The van der Waals surface area contributed by atoms with Gasteiger partial charge >= 0.3 is 0 Å². The topological polar surface area (TPSA) is 140 Å². The molecule has 0 radical (unpaired) electrons. The highest BCUT2D eigenvalue weighted by Gasteiger charge is 2.45. The first-order valence-electron chi connectivity index (χ1n) is 10.1. The summed E-state index contributed by atoms with van der Waals surface area (Å²) >= 11 is 0. The average Bonchev–Trinajstić information content (AvgIpc) is 2.82. The van der Waals surface area contributed by atoms with Crippen molar-refractivity contribution in [2.24, 2.45) is 0 Å². The number of phenols is 2. The number of hydrogen-bond donors (Lipinski definition) is 6. The van der Waals surface area contributed by atoms with Gasteiger partial charge in [-0.25, -0.2) is 0 Å². The predicted octanol–water partition coefficient (Wildman–Crippen LogP) is 1.61. The molecule has 8 heteroatoms. The SMILES string of the molecule is OC[C@H]1O[C@@H](Oc2c(-c3ccccc3)cc(O)c(-c3ccccc3)c2O)[C@H](O)[C@@H](O)[C@H]1O. The zero-order valence-electron chi connectivity index (χ0n) is 16.9. The van der Waals surface area contributed by atoms with E-state index in [-0.39, 0.29) is 17.1 Å². The summed E-state index contributed by atoms with van der Waals surface area (Å²) in [5, 5.41) is 61.8. The zero-order chi connectivity index (χ0) is 22.8. The molecule has 1 heterocycles. The highest BCUT2D eigenvalue weighted by Crippen LogP contribution is 2.49. The summed E-state index contributed by atoms with van der Waals surface area (Å²) in [7, 11) is 0. The fourth-order valence-corrected chi connectivity index (χ4v) is 3.76. The van der Waals surface area contributed by atoms with Gasteiger partial charge in [-0.2, -0.15) is 0 Å². The number of rotatable bonds is 5. The van der Waals surface area contributed by atoms with E-state index in [1.165, 1.54) is 6.07 Å². The maximum atomic E-state index is 11.1. The van der Waals surface area contributed by atoms with Gasteiger partial charge in [-0.3, -0.25) is 0 Å². The Hall–Kier alpha value is -3.14. The van der Waals surface area contributed by atoms with E-state index in [0.717, 1.165) is 0 Å². The highest BCUT2D eigenvalue weighted by molar-refractivity contribution is 5.87. The minimum Gasteiger partial charge on any atom is -0.507 e. The molecule has 32 heavy (non-hydrogen) atoms. The largest absolute Gasteiger partial charge is 0.507 e. The van der Waals surface area contributed by atoms with Crippen LogP contribution >= 0.6 is 0 Å².